The number of nitrogens with two attached hydrogens (primary N) is 1. The van der Waals surface area contributed by atoms with E-state index < -0.39 is 4.92 Å². The van der Waals surface area contributed by atoms with Crippen molar-refractivity contribution in [2.75, 3.05) is 17.7 Å². The van der Waals surface area contributed by atoms with Crippen molar-refractivity contribution in [3.05, 3.63) is 57.9 Å². The number of nitro benzene ring substituents is 1. The molecule has 0 saturated carbocycles. The second kappa shape index (κ2) is 5.58. The highest BCUT2D eigenvalue weighted by Gasteiger charge is 2.17. The van der Waals surface area contributed by atoms with Crippen LogP contribution in [0.25, 0.3) is 0 Å². The minimum Gasteiger partial charge on any atom is -0.398 e. The Hall–Kier alpha value is -2.96. The first kappa shape index (κ1) is 14.4. The lowest BCUT2D eigenvalue weighted by molar-refractivity contribution is -0.384. The van der Waals surface area contributed by atoms with Crippen LogP contribution in [-0.2, 0) is 0 Å². The number of aromatic nitrogens is 1. The van der Waals surface area contributed by atoms with E-state index in [0.29, 0.717) is 16.9 Å². The summed E-state index contributed by atoms with van der Waals surface area (Å²) >= 11 is 0. The molecule has 0 radical (unpaired) electrons. The molecule has 0 fully saturated rings. The molecule has 21 heavy (non-hydrogen) atoms. The predicted molar refractivity (Wildman–Crippen MR) is 79.2 cm³/mol. The van der Waals surface area contributed by atoms with Gasteiger partial charge in [0.15, 0.2) is 0 Å². The Bertz CT molecular complexity index is 698. The SMILES string of the molecule is Cc1cc(N)c(C(=O)N(C)c2ccc([N+](=O)[O-])cc2)cn1. The lowest BCUT2D eigenvalue weighted by atomic mass is 10.1. The summed E-state index contributed by atoms with van der Waals surface area (Å²) in [5, 5.41) is 10.6. The molecule has 2 N–H and O–H groups in total. The average molecular weight is 286 g/mol. The van der Waals surface area contributed by atoms with Gasteiger partial charge < -0.3 is 10.6 Å². The van der Waals surface area contributed by atoms with Crippen molar-refractivity contribution in [1.29, 1.82) is 0 Å². The summed E-state index contributed by atoms with van der Waals surface area (Å²) in [6, 6.07) is 7.32. The molecule has 2 rings (SSSR count). The van der Waals surface area contributed by atoms with E-state index in [1.807, 2.05) is 0 Å². The Morgan fingerprint density at radius 3 is 2.48 bits per heavy atom. The molecule has 0 aliphatic rings. The van der Waals surface area contributed by atoms with Gasteiger partial charge in [0.25, 0.3) is 11.6 Å². The van der Waals surface area contributed by atoms with Gasteiger partial charge >= 0.3 is 0 Å². The second-order valence-electron chi connectivity index (χ2n) is 4.55. The number of hydrogen-bond donors (Lipinski definition) is 1. The van der Waals surface area contributed by atoms with E-state index in [1.54, 1.807) is 20.0 Å². The van der Waals surface area contributed by atoms with Crippen LogP contribution in [0.2, 0.25) is 0 Å². The minimum atomic E-state index is -0.493. The maximum Gasteiger partial charge on any atom is 0.269 e. The fraction of sp³-hybridized carbons (Fsp3) is 0.143. The van der Waals surface area contributed by atoms with Gasteiger partial charge in [-0.3, -0.25) is 19.9 Å². The van der Waals surface area contributed by atoms with Gasteiger partial charge in [-0.2, -0.15) is 0 Å². The number of carbonyl (C=O) groups excluding carboxylic acids is 1. The molecule has 0 saturated heterocycles. The molecule has 1 aromatic carbocycles. The zero-order valence-corrected chi connectivity index (χ0v) is 11.6. The standard InChI is InChI=1S/C14H14N4O3/c1-9-7-13(15)12(8-16-9)14(19)17(2)10-3-5-11(6-4-10)18(20)21/h3-8H,1-2H3,(H2,15,16). The van der Waals surface area contributed by atoms with Gasteiger partial charge in [0, 0.05) is 42.4 Å². The van der Waals surface area contributed by atoms with Crippen molar-refractivity contribution in [1.82, 2.24) is 4.98 Å². The predicted octanol–water partition coefficient (Wildman–Crippen LogP) is 2.16. The van der Waals surface area contributed by atoms with Crippen LogP contribution in [0.15, 0.2) is 36.5 Å². The first-order valence-corrected chi connectivity index (χ1v) is 6.15. The topological polar surface area (TPSA) is 102 Å². The summed E-state index contributed by atoms with van der Waals surface area (Å²) in [7, 11) is 1.57. The van der Waals surface area contributed by atoms with Crippen molar-refractivity contribution >= 4 is 23.0 Å². The summed E-state index contributed by atoms with van der Waals surface area (Å²) in [5.41, 5.74) is 7.69. The van der Waals surface area contributed by atoms with Crippen LogP contribution in [-0.4, -0.2) is 22.9 Å². The number of amides is 1. The number of nitrogen functional groups attached to an aromatic ring is 1. The fourth-order valence-corrected chi connectivity index (χ4v) is 1.86. The smallest absolute Gasteiger partial charge is 0.269 e. The molecule has 7 heteroatoms. The fourth-order valence-electron chi connectivity index (χ4n) is 1.86. The van der Waals surface area contributed by atoms with E-state index in [0.717, 1.165) is 5.69 Å². The first-order valence-electron chi connectivity index (χ1n) is 6.15. The molecule has 2 aromatic rings. The van der Waals surface area contributed by atoms with Gasteiger partial charge in [-0.25, -0.2) is 0 Å². The minimum absolute atomic E-state index is 0.0314. The zero-order valence-electron chi connectivity index (χ0n) is 11.6. The summed E-state index contributed by atoms with van der Waals surface area (Å²) in [5.74, 6) is -0.325. The largest absolute Gasteiger partial charge is 0.398 e. The monoisotopic (exact) mass is 286 g/mol. The zero-order chi connectivity index (χ0) is 15.6. The lowest BCUT2D eigenvalue weighted by Crippen LogP contribution is -2.27. The molecule has 0 aliphatic carbocycles. The summed E-state index contributed by atoms with van der Waals surface area (Å²) < 4.78 is 0. The van der Waals surface area contributed by atoms with Crippen LogP contribution in [0, 0.1) is 17.0 Å². The third-order valence-electron chi connectivity index (χ3n) is 3.06. The molecule has 1 heterocycles. The van der Waals surface area contributed by atoms with E-state index in [-0.39, 0.29) is 11.6 Å². The third-order valence-corrected chi connectivity index (χ3v) is 3.06. The van der Waals surface area contributed by atoms with Crippen molar-refractivity contribution < 1.29 is 9.72 Å². The Kier molecular flexibility index (Phi) is 3.84. The molecule has 0 unspecified atom stereocenters. The number of carbonyl (C=O) groups is 1. The molecule has 0 aliphatic heterocycles. The Balaban J connectivity index is 2.28. The molecule has 0 atom stereocenters. The number of non-ortho nitro benzene ring substituents is 1. The maximum atomic E-state index is 12.4. The number of benzene rings is 1. The third kappa shape index (κ3) is 2.97. The second-order valence-corrected chi connectivity index (χ2v) is 4.55. The average Bonchev–Trinajstić information content (AvgIpc) is 2.46. The van der Waals surface area contributed by atoms with Crippen molar-refractivity contribution in [3.8, 4) is 0 Å². The lowest BCUT2D eigenvalue weighted by Gasteiger charge is -2.18. The molecular weight excluding hydrogens is 272 g/mol. The number of nitro groups is 1. The van der Waals surface area contributed by atoms with Gasteiger partial charge in [-0.1, -0.05) is 0 Å². The number of nitrogens with zero attached hydrogens (tertiary/aromatic N) is 3. The van der Waals surface area contributed by atoms with Crippen LogP contribution in [0.1, 0.15) is 16.1 Å². The van der Waals surface area contributed by atoms with Crippen LogP contribution in [0.4, 0.5) is 17.1 Å². The summed E-state index contributed by atoms with van der Waals surface area (Å²) in [6.45, 7) is 1.78. The highest BCUT2D eigenvalue weighted by atomic mass is 16.6. The van der Waals surface area contributed by atoms with Gasteiger partial charge in [-0.15, -0.1) is 0 Å². The Morgan fingerprint density at radius 1 is 1.33 bits per heavy atom. The number of pyridine rings is 1. The van der Waals surface area contributed by atoms with Crippen LogP contribution in [0.5, 0.6) is 0 Å². The highest BCUT2D eigenvalue weighted by molar-refractivity contribution is 6.08. The van der Waals surface area contributed by atoms with E-state index in [4.69, 9.17) is 5.73 Å². The van der Waals surface area contributed by atoms with E-state index in [9.17, 15) is 14.9 Å². The highest BCUT2D eigenvalue weighted by Crippen LogP contribution is 2.21. The van der Waals surface area contributed by atoms with Crippen molar-refractivity contribution in [2.24, 2.45) is 0 Å². The molecule has 1 aromatic heterocycles. The van der Waals surface area contributed by atoms with Gasteiger partial charge in [-0.05, 0) is 25.1 Å². The normalized spacial score (nSPS) is 10.2. The van der Waals surface area contributed by atoms with Crippen molar-refractivity contribution in [3.63, 3.8) is 0 Å². The van der Waals surface area contributed by atoms with Gasteiger partial charge in [0.1, 0.15) is 0 Å². The molecular formula is C14H14N4O3. The first-order chi connectivity index (χ1) is 9.90. The molecule has 108 valence electrons. The number of rotatable bonds is 3. The van der Waals surface area contributed by atoms with E-state index >= 15 is 0 Å². The molecule has 1 amide bonds. The molecule has 0 bridgehead atoms. The molecule has 0 spiro atoms. The van der Waals surface area contributed by atoms with Crippen LogP contribution in [0.3, 0.4) is 0 Å². The maximum absolute atomic E-state index is 12.4. The van der Waals surface area contributed by atoms with Crippen LogP contribution < -0.4 is 10.6 Å². The number of hydrogen-bond acceptors (Lipinski definition) is 5. The Morgan fingerprint density at radius 2 is 1.95 bits per heavy atom. The van der Waals surface area contributed by atoms with Gasteiger partial charge in [0.05, 0.1) is 10.5 Å². The van der Waals surface area contributed by atoms with E-state index in [2.05, 4.69) is 4.98 Å². The van der Waals surface area contributed by atoms with Crippen molar-refractivity contribution in [2.45, 2.75) is 6.92 Å². The summed E-state index contributed by atoms with van der Waals surface area (Å²) in [4.78, 5) is 27.9. The molecule has 7 nitrogen and oxygen atoms in total. The summed E-state index contributed by atoms with van der Waals surface area (Å²) in [6.07, 6.45) is 1.43. The quantitative estimate of drug-likeness (QED) is 0.688. The number of anilines is 2. The van der Waals surface area contributed by atoms with Crippen LogP contribution >= 0.6 is 0 Å². The van der Waals surface area contributed by atoms with Gasteiger partial charge in [0.2, 0.25) is 0 Å². The Labute approximate surface area is 121 Å². The number of aryl methyl sites for hydroxylation is 1. The van der Waals surface area contributed by atoms with E-state index in [1.165, 1.54) is 35.4 Å².